The number of phenols is 1. The van der Waals surface area contributed by atoms with Crippen LogP contribution in [-0.4, -0.2) is 34.5 Å². The Kier molecular flexibility index (Phi) is 4.19. The number of halogens is 2. The van der Waals surface area contributed by atoms with Crippen LogP contribution in [0.2, 0.25) is 0 Å². The molecule has 0 aliphatic carbocycles. The standard InChI is InChI=1S/C11H11BrFN3O4S/c1-16-8(14-15-11(16)21(2,18)19)5-20-7-4-3-6(12)9(13)10(7)17/h3-4,17H,5H2,1-2H3. The Morgan fingerprint density at radius 1 is 1.43 bits per heavy atom. The van der Waals surface area contributed by atoms with E-state index in [1.54, 1.807) is 0 Å². The summed E-state index contributed by atoms with van der Waals surface area (Å²) in [6.07, 6.45) is 1.01. The van der Waals surface area contributed by atoms with Crippen LogP contribution >= 0.6 is 15.9 Å². The van der Waals surface area contributed by atoms with E-state index in [0.29, 0.717) is 0 Å². The SMILES string of the molecule is Cn1c(COc2ccc(Br)c(F)c2O)nnc1S(C)(=O)=O. The molecule has 1 heterocycles. The third-order valence-corrected chi connectivity index (χ3v) is 4.28. The highest BCUT2D eigenvalue weighted by molar-refractivity contribution is 9.10. The van der Waals surface area contributed by atoms with Gasteiger partial charge in [0.15, 0.2) is 23.1 Å². The number of hydrogen-bond donors (Lipinski definition) is 1. The van der Waals surface area contributed by atoms with Crippen LogP contribution in [0.15, 0.2) is 21.8 Å². The van der Waals surface area contributed by atoms with Gasteiger partial charge in [-0.25, -0.2) is 12.8 Å². The molecule has 2 aromatic rings. The van der Waals surface area contributed by atoms with Crippen LogP contribution in [0.5, 0.6) is 11.5 Å². The smallest absolute Gasteiger partial charge is 0.249 e. The molecule has 10 heteroatoms. The number of rotatable bonds is 4. The number of aromatic nitrogens is 3. The van der Waals surface area contributed by atoms with Gasteiger partial charge >= 0.3 is 0 Å². The normalized spacial score (nSPS) is 11.6. The molecule has 0 spiro atoms. The number of phenolic OH excluding ortho intramolecular Hbond substituents is 1. The lowest BCUT2D eigenvalue weighted by molar-refractivity contribution is 0.270. The molecule has 0 saturated carbocycles. The Labute approximate surface area is 128 Å². The van der Waals surface area contributed by atoms with Crippen LogP contribution in [0.1, 0.15) is 5.82 Å². The van der Waals surface area contributed by atoms with Gasteiger partial charge in [0.2, 0.25) is 15.0 Å². The first-order valence-corrected chi connectivity index (χ1v) is 8.28. The van der Waals surface area contributed by atoms with Crippen LogP contribution in [0.3, 0.4) is 0 Å². The largest absolute Gasteiger partial charge is 0.502 e. The maximum Gasteiger partial charge on any atom is 0.249 e. The third kappa shape index (κ3) is 3.16. The van der Waals surface area contributed by atoms with Crippen LogP contribution in [-0.2, 0) is 23.5 Å². The minimum Gasteiger partial charge on any atom is -0.502 e. The molecule has 0 fully saturated rings. The molecule has 0 atom stereocenters. The molecule has 0 radical (unpaired) electrons. The number of aromatic hydroxyl groups is 1. The molecular weight excluding hydrogens is 369 g/mol. The van der Waals surface area contributed by atoms with Gasteiger partial charge in [-0.05, 0) is 28.1 Å². The Hall–Kier alpha value is -1.68. The van der Waals surface area contributed by atoms with Crippen molar-refractivity contribution in [2.24, 2.45) is 7.05 Å². The van der Waals surface area contributed by atoms with Crippen molar-refractivity contribution in [3.63, 3.8) is 0 Å². The van der Waals surface area contributed by atoms with Crippen LogP contribution < -0.4 is 4.74 Å². The fraction of sp³-hybridized carbons (Fsp3) is 0.273. The van der Waals surface area contributed by atoms with Gasteiger partial charge in [0.1, 0.15) is 6.61 Å². The van der Waals surface area contributed by atoms with E-state index in [0.717, 1.165) is 6.26 Å². The molecule has 0 aliphatic rings. The lowest BCUT2D eigenvalue weighted by Gasteiger charge is -2.09. The van der Waals surface area contributed by atoms with Crippen molar-refractivity contribution in [1.82, 2.24) is 14.8 Å². The van der Waals surface area contributed by atoms with Crippen molar-refractivity contribution in [3.8, 4) is 11.5 Å². The van der Waals surface area contributed by atoms with Crippen molar-refractivity contribution in [2.45, 2.75) is 11.8 Å². The van der Waals surface area contributed by atoms with E-state index in [1.165, 1.54) is 23.7 Å². The lowest BCUT2D eigenvalue weighted by Crippen LogP contribution is -2.09. The van der Waals surface area contributed by atoms with E-state index in [4.69, 9.17) is 4.74 Å². The van der Waals surface area contributed by atoms with Gasteiger partial charge in [-0.3, -0.25) is 0 Å². The molecule has 0 amide bonds. The second-order valence-electron chi connectivity index (χ2n) is 4.23. The van der Waals surface area contributed by atoms with E-state index >= 15 is 0 Å². The van der Waals surface area contributed by atoms with Gasteiger partial charge in [-0.2, -0.15) is 0 Å². The van der Waals surface area contributed by atoms with E-state index < -0.39 is 21.4 Å². The molecule has 0 aliphatic heterocycles. The van der Waals surface area contributed by atoms with Gasteiger partial charge in [-0.15, -0.1) is 10.2 Å². The number of ether oxygens (including phenoxy) is 1. The summed E-state index contributed by atoms with van der Waals surface area (Å²) in [5.41, 5.74) is 0. The summed E-state index contributed by atoms with van der Waals surface area (Å²) < 4.78 is 42.9. The number of benzene rings is 1. The van der Waals surface area contributed by atoms with E-state index in [2.05, 4.69) is 26.1 Å². The first-order chi connectivity index (χ1) is 9.71. The Morgan fingerprint density at radius 2 is 2.10 bits per heavy atom. The second kappa shape index (κ2) is 5.60. The van der Waals surface area contributed by atoms with Crippen molar-refractivity contribution in [1.29, 1.82) is 0 Å². The first-order valence-electron chi connectivity index (χ1n) is 5.60. The molecule has 1 aromatic carbocycles. The molecule has 21 heavy (non-hydrogen) atoms. The predicted molar refractivity (Wildman–Crippen MR) is 74.2 cm³/mol. The van der Waals surface area contributed by atoms with Gasteiger partial charge in [0.05, 0.1) is 4.47 Å². The van der Waals surface area contributed by atoms with E-state index in [1.807, 2.05) is 0 Å². The van der Waals surface area contributed by atoms with Gasteiger partial charge < -0.3 is 14.4 Å². The van der Waals surface area contributed by atoms with Crippen LogP contribution in [0.25, 0.3) is 0 Å². The summed E-state index contributed by atoms with van der Waals surface area (Å²) in [7, 11) is -2.03. The zero-order chi connectivity index (χ0) is 15.8. The van der Waals surface area contributed by atoms with Crippen molar-refractivity contribution >= 4 is 25.8 Å². The molecule has 0 bridgehead atoms. The highest BCUT2D eigenvalue weighted by Crippen LogP contribution is 2.33. The monoisotopic (exact) mass is 379 g/mol. The van der Waals surface area contributed by atoms with Crippen LogP contribution in [0, 0.1) is 5.82 Å². The molecule has 0 unspecified atom stereocenters. The van der Waals surface area contributed by atoms with Crippen molar-refractivity contribution < 1.29 is 22.7 Å². The second-order valence-corrected chi connectivity index (χ2v) is 6.99. The fourth-order valence-corrected chi connectivity index (χ4v) is 2.69. The molecular formula is C11H11BrFN3O4S. The molecule has 1 aromatic heterocycles. The summed E-state index contributed by atoms with van der Waals surface area (Å²) in [6, 6.07) is 2.75. The van der Waals surface area contributed by atoms with E-state index in [9.17, 15) is 17.9 Å². The average molecular weight is 380 g/mol. The summed E-state index contributed by atoms with van der Waals surface area (Å²) >= 11 is 2.93. The Morgan fingerprint density at radius 3 is 2.67 bits per heavy atom. The van der Waals surface area contributed by atoms with Gasteiger partial charge in [0.25, 0.3) is 0 Å². The van der Waals surface area contributed by atoms with E-state index in [-0.39, 0.29) is 27.8 Å². The molecule has 1 N–H and O–H groups in total. The maximum absolute atomic E-state index is 13.5. The first kappa shape index (κ1) is 15.7. The average Bonchev–Trinajstić information content (AvgIpc) is 2.76. The third-order valence-electron chi connectivity index (χ3n) is 2.65. The molecule has 7 nitrogen and oxygen atoms in total. The highest BCUT2D eigenvalue weighted by Gasteiger charge is 2.19. The lowest BCUT2D eigenvalue weighted by atomic mass is 10.3. The fourth-order valence-electron chi connectivity index (χ4n) is 1.57. The number of nitrogens with zero attached hydrogens (tertiary/aromatic N) is 3. The number of sulfone groups is 1. The summed E-state index contributed by atoms with van der Waals surface area (Å²) in [5.74, 6) is -1.35. The summed E-state index contributed by atoms with van der Waals surface area (Å²) in [4.78, 5) is 0. The Balaban J connectivity index is 2.22. The Bertz CT molecular complexity index is 791. The summed E-state index contributed by atoms with van der Waals surface area (Å²) in [6.45, 7) is -0.173. The maximum atomic E-state index is 13.5. The predicted octanol–water partition coefficient (Wildman–Crippen LogP) is 1.40. The minimum absolute atomic E-state index is 0.0837. The topological polar surface area (TPSA) is 94.3 Å². The van der Waals surface area contributed by atoms with Gasteiger partial charge in [0, 0.05) is 13.3 Å². The van der Waals surface area contributed by atoms with Crippen molar-refractivity contribution in [3.05, 3.63) is 28.2 Å². The van der Waals surface area contributed by atoms with Crippen molar-refractivity contribution in [2.75, 3.05) is 6.26 Å². The van der Waals surface area contributed by atoms with Gasteiger partial charge in [-0.1, -0.05) is 0 Å². The zero-order valence-corrected chi connectivity index (χ0v) is 13.4. The molecule has 0 saturated heterocycles. The zero-order valence-electron chi connectivity index (χ0n) is 11.0. The molecule has 114 valence electrons. The highest BCUT2D eigenvalue weighted by atomic mass is 79.9. The molecule has 2 rings (SSSR count). The summed E-state index contributed by atoms with van der Waals surface area (Å²) in [5, 5.41) is 16.6. The number of hydrogen-bond acceptors (Lipinski definition) is 6. The minimum atomic E-state index is -3.50. The van der Waals surface area contributed by atoms with Crippen LogP contribution in [0.4, 0.5) is 4.39 Å². The quantitative estimate of drug-likeness (QED) is 0.862.